The average Bonchev–Trinajstić information content (AvgIpc) is 2.58. The van der Waals surface area contributed by atoms with Crippen LogP contribution in [0, 0.1) is 0 Å². The Kier molecular flexibility index (Phi) is 4.50. The van der Waals surface area contributed by atoms with E-state index in [1.54, 1.807) is 4.90 Å². The van der Waals surface area contributed by atoms with E-state index in [0.717, 1.165) is 14.6 Å². The smallest absolute Gasteiger partial charge is 0.228 e. The average molecular weight is 393 g/mol. The predicted octanol–water partition coefficient (Wildman–Crippen LogP) is 3.60. The highest BCUT2D eigenvalue weighted by Gasteiger charge is 2.33. The van der Waals surface area contributed by atoms with Crippen molar-refractivity contribution in [2.24, 2.45) is 0 Å². The van der Waals surface area contributed by atoms with Gasteiger partial charge >= 0.3 is 0 Å². The molecular weight excluding hydrogens is 382 g/mol. The van der Waals surface area contributed by atoms with E-state index in [4.69, 9.17) is 0 Å². The molecule has 1 aliphatic rings. The van der Waals surface area contributed by atoms with Gasteiger partial charge in [0, 0.05) is 34.1 Å². The zero-order valence-electron chi connectivity index (χ0n) is 9.65. The minimum Gasteiger partial charge on any atom is -0.309 e. The lowest BCUT2D eigenvalue weighted by atomic mass is 10.3. The molecule has 96 valence electrons. The number of carbonyl (C=O) groups excluding carboxylic acids is 2. The minimum absolute atomic E-state index is 0.0500. The first-order valence-electron chi connectivity index (χ1n) is 5.40. The maximum absolute atomic E-state index is 12.0. The summed E-state index contributed by atoms with van der Waals surface area (Å²) in [7, 11) is 0. The Morgan fingerprint density at radius 3 is 2.56 bits per heavy atom. The van der Waals surface area contributed by atoms with Crippen LogP contribution in [0.3, 0.4) is 0 Å². The second kappa shape index (κ2) is 5.75. The van der Waals surface area contributed by atoms with E-state index in [2.05, 4.69) is 31.9 Å². The van der Waals surface area contributed by atoms with Gasteiger partial charge in [0.15, 0.2) is 5.12 Å². The van der Waals surface area contributed by atoms with Gasteiger partial charge in [0.2, 0.25) is 5.91 Å². The third-order valence-electron chi connectivity index (χ3n) is 2.63. The molecule has 1 fully saturated rings. The molecule has 0 spiro atoms. The molecule has 6 heteroatoms. The summed E-state index contributed by atoms with van der Waals surface area (Å²) in [4.78, 5) is 24.9. The van der Waals surface area contributed by atoms with Gasteiger partial charge in [-0.3, -0.25) is 9.59 Å². The molecule has 0 radical (unpaired) electrons. The topological polar surface area (TPSA) is 37.4 Å². The molecule has 3 nitrogen and oxygen atoms in total. The van der Waals surface area contributed by atoms with E-state index in [9.17, 15) is 9.59 Å². The first-order chi connectivity index (χ1) is 8.49. The fraction of sp³-hybridized carbons (Fsp3) is 0.333. The standard InChI is InChI=1S/C12H11Br2NO2S/c1-7(16)18-8-5-11(17)15(6-8)12-9(13)3-2-4-10(12)14/h2-4,8H,5-6H2,1H3. The SMILES string of the molecule is CC(=O)SC1CC(=O)N(c2c(Br)cccc2Br)C1. The van der Waals surface area contributed by atoms with Crippen LogP contribution in [0.5, 0.6) is 0 Å². The highest BCUT2D eigenvalue weighted by Crippen LogP contribution is 2.38. The number of nitrogens with zero attached hydrogens (tertiary/aromatic N) is 1. The van der Waals surface area contributed by atoms with E-state index < -0.39 is 0 Å². The number of hydrogen-bond donors (Lipinski definition) is 0. The third-order valence-corrected chi connectivity index (χ3v) is 4.89. The van der Waals surface area contributed by atoms with Gasteiger partial charge in [-0.1, -0.05) is 17.8 Å². The van der Waals surface area contributed by atoms with Crippen molar-refractivity contribution in [2.75, 3.05) is 11.4 Å². The zero-order chi connectivity index (χ0) is 13.3. The van der Waals surface area contributed by atoms with E-state index in [1.807, 2.05) is 18.2 Å². The number of para-hydroxylation sites is 1. The second-order valence-corrected chi connectivity index (χ2v) is 7.20. The summed E-state index contributed by atoms with van der Waals surface area (Å²) in [6.07, 6.45) is 0.415. The Morgan fingerprint density at radius 2 is 2.00 bits per heavy atom. The molecule has 18 heavy (non-hydrogen) atoms. The van der Waals surface area contributed by atoms with Crippen molar-refractivity contribution in [3.8, 4) is 0 Å². The summed E-state index contributed by atoms with van der Waals surface area (Å²) in [5.74, 6) is 0.0568. The summed E-state index contributed by atoms with van der Waals surface area (Å²) < 4.78 is 1.75. The van der Waals surface area contributed by atoms with E-state index in [-0.39, 0.29) is 16.3 Å². The van der Waals surface area contributed by atoms with Crippen LogP contribution in [-0.2, 0) is 9.59 Å². The van der Waals surface area contributed by atoms with Crippen LogP contribution in [0.4, 0.5) is 5.69 Å². The van der Waals surface area contributed by atoms with E-state index in [0.29, 0.717) is 13.0 Å². The summed E-state index contributed by atoms with van der Waals surface area (Å²) in [5, 5.41) is 0.106. The molecule has 1 atom stereocenters. The number of thioether (sulfide) groups is 1. The minimum atomic E-state index is 0.0500. The van der Waals surface area contributed by atoms with E-state index in [1.165, 1.54) is 18.7 Å². The number of carbonyl (C=O) groups is 2. The van der Waals surface area contributed by atoms with Crippen LogP contribution in [0.1, 0.15) is 13.3 Å². The molecule has 1 aromatic rings. The number of benzene rings is 1. The Hall–Kier alpha value is -0.330. The van der Waals surface area contributed by atoms with E-state index >= 15 is 0 Å². The van der Waals surface area contributed by atoms with Crippen molar-refractivity contribution < 1.29 is 9.59 Å². The molecule has 1 unspecified atom stereocenters. The molecule has 1 aliphatic heterocycles. The fourth-order valence-corrected chi connectivity index (χ4v) is 4.30. The van der Waals surface area contributed by atoms with Crippen LogP contribution in [0.25, 0.3) is 0 Å². The van der Waals surface area contributed by atoms with Crippen LogP contribution in [-0.4, -0.2) is 22.8 Å². The molecule has 0 aliphatic carbocycles. The highest BCUT2D eigenvalue weighted by molar-refractivity contribution is 9.11. The van der Waals surface area contributed by atoms with Gasteiger partial charge in [0.25, 0.3) is 0 Å². The quantitative estimate of drug-likeness (QED) is 0.771. The Balaban J connectivity index is 2.24. The predicted molar refractivity (Wildman–Crippen MR) is 80.9 cm³/mol. The third kappa shape index (κ3) is 2.97. The molecule has 1 aromatic carbocycles. The molecule has 1 heterocycles. The number of hydrogen-bond acceptors (Lipinski definition) is 3. The fourth-order valence-electron chi connectivity index (χ4n) is 1.95. The number of anilines is 1. The Labute approximate surface area is 127 Å². The lowest BCUT2D eigenvalue weighted by Crippen LogP contribution is -2.25. The van der Waals surface area contributed by atoms with Crippen LogP contribution in [0.15, 0.2) is 27.1 Å². The maximum atomic E-state index is 12.0. The normalized spacial score (nSPS) is 19.4. The molecule has 1 amide bonds. The molecule has 0 aromatic heterocycles. The number of halogens is 2. The number of amides is 1. The van der Waals surface area contributed by atoms with Crippen molar-refractivity contribution >= 4 is 60.3 Å². The van der Waals surface area contributed by atoms with Crippen molar-refractivity contribution in [2.45, 2.75) is 18.6 Å². The molecular formula is C12H11Br2NO2S. The Morgan fingerprint density at radius 1 is 1.39 bits per heavy atom. The van der Waals surface area contributed by atoms with Gasteiger partial charge in [-0.05, 0) is 44.0 Å². The zero-order valence-corrected chi connectivity index (χ0v) is 13.6. The van der Waals surface area contributed by atoms with Crippen LogP contribution >= 0.6 is 43.6 Å². The van der Waals surface area contributed by atoms with Gasteiger partial charge in [0.05, 0.1) is 5.69 Å². The van der Waals surface area contributed by atoms with Gasteiger partial charge in [0.1, 0.15) is 0 Å². The van der Waals surface area contributed by atoms with Gasteiger partial charge in [-0.2, -0.15) is 0 Å². The van der Waals surface area contributed by atoms with Crippen LogP contribution < -0.4 is 4.90 Å². The molecule has 0 bridgehead atoms. The Bertz CT molecular complexity index is 487. The summed E-state index contributed by atoms with van der Waals surface area (Å²) in [6.45, 7) is 2.11. The van der Waals surface area contributed by atoms with Crippen molar-refractivity contribution in [3.05, 3.63) is 27.1 Å². The lowest BCUT2D eigenvalue weighted by Gasteiger charge is -2.19. The first kappa shape index (κ1) is 14.1. The molecule has 0 N–H and O–H groups in total. The van der Waals surface area contributed by atoms with Gasteiger partial charge in [-0.15, -0.1) is 0 Å². The molecule has 0 saturated carbocycles. The maximum Gasteiger partial charge on any atom is 0.228 e. The van der Waals surface area contributed by atoms with Crippen molar-refractivity contribution in [3.63, 3.8) is 0 Å². The van der Waals surface area contributed by atoms with Gasteiger partial charge in [-0.25, -0.2) is 0 Å². The summed E-state index contributed by atoms with van der Waals surface area (Å²) >= 11 is 8.16. The van der Waals surface area contributed by atoms with Crippen molar-refractivity contribution in [1.82, 2.24) is 0 Å². The van der Waals surface area contributed by atoms with Crippen LogP contribution in [0.2, 0.25) is 0 Å². The van der Waals surface area contributed by atoms with Crippen molar-refractivity contribution in [1.29, 1.82) is 0 Å². The monoisotopic (exact) mass is 391 g/mol. The van der Waals surface area contributed by atoms with Gasteiger partial charge < -0.3 is 4.90 Å². The summed E-state index contributed by atoms with van der Waals surface area (Å²) in [6, 6.07) is 5.71. The summed E-state index contributed by atoms with van der Waals surface area (Å²) in [5.41, 5.74) is 0.842. The number of rotatable bonds is 2. The molecule has 2 rings (SSSR count). The largest absolute Gasteiger partial charge is 0.309 e. The molecule has 1 saturated heterocycles. The second-order valence-electron chi connectivity index (χ2n) is 4.01. The highest BCUT2D eigenvalue weighted by atomic mass is 79.9. The first-order valence-corrected chi connectivity index (χ1v) is 7.87. The lowest BCUT2D eigenvalue weighted by molar-refractivity contribution is -0.117.